The van der Waals surface area contributed by atoms with Crippen LogP contribution in [0.3, 0.4) is 0 Å². The Labute approximate surface area is 130 Å². The first-order chi connectivity index (χ1) is 10.5. The van der Waals surface area contributed by atoms with Gasteiger partial charge in [-0.05, 0) is 58.3 Å². The van der Waals surface area contributed by atoms with Gasteiger partial charge in [0.15, 0.2) is 0 Å². The van der Waals surface area contributed by atoms with Crippen molar-refractivity contribution in [3.8, 4) is 0 Å². The van der Waals surface area contributed by atoms with Gasteiger partial charge in [0, 0.05) is 23.7 Å². The van der Waals surface area contributed by atoms with Crippen molar-refractivity contribution in [2.24, 2.45) is 5.92 Å². The highest BCUT2D eigenvalue weighted by Gasteiger charge is 2.18. The summed E-state index contributed by atoms with van der Waals surface area (Å²) in [4.78, 5) is 24.9. The molecule has 0 saturated carbocycles. The second-order valence-corrected chi connectivity index (χ2v) is 6.05. The third-order valence-corrected chi connectivity index (χ3v) is 4.34. The van der Waals surface area contributed by atoms with Crippen molar-refractivity contribution in [2.75, 3.05) is 26.7 Å². The lowest BCUT2D eigenvalue weighted by Crippen LogP contribution is -2.32. The Morgan fingerprint density at radius 2 is 2.09 bits per heavy atom. The molecule has 6 heteroatoms. The molecule has 0 bridgehead atoms. The average molecular weight is 305 g/mol. The number of rotatable bonds is 5. The van der Waals surface area contributed by atoms with Crippen LogP contribution in [-0.2, 0) is 0 Å². The van der Waals surface area contributed by atoms with Gasteiger partial charge < -0.3 is 10.2 Å². The zero-order chi connectivity index (χ0) is 16.1. The van der Waals surface area contributed by atoms with Gasteiger partial charge in [0.25, 0.3) is 11.6 Å². The molecular formula is C16H23N3O3. The van der Waals surface area contributed by atoms with Crippen LogP contribution >= 0.6 is 0 Å². The number of nitrogens with one attached hydrogen (secondary N) is 1. The van der Waals surface area contributed by atoms with Crippen LogP contribution in [0.1, 0.15) is 35.2 Å². The molecular weight excluding hydrogens is 282 g/mol. The molecule has 2 rings (SSSR count). The Morgan fingerprint density at radius 3 is 2.73 bits per heavy atom. The van der Waals surface area contributed by atoms with Crippen molar-refractivity contribution >= 4 is 11.6 Å². The lowest BCUT2D eigenvalue weighted by Gasteiger charge is -2.28. The van der Waals surface area contributed by atoms with Crippen LogP contribution in [0.2, 0.25) is 0 Å². The summed E-state index contributed by atoms with van der Waals surface area (Å²) in [5.74, 6) is 0.417. The van der Waals surface area contributed by atoms with Gasteiger partial charge in [0.1, 0.15) is 0 Å². The van der Waals surface area contributed by atoms with Crippen LogP contribution in [0.5, 0.6) is 0 Å². The second kappa shape index (κ2) is 7.35. The molecule has 0 aliphatic carbocycles. The van der Waals surface area contributed by atoms with Gasteiger partial charge >= 0.3 is 0 Å². The number of nitro benzene ring substituents is 1. The molecule has 1 saturated heterocycles. The van der Waals surface area contributed by atoms with E-state index < -0.39 is 4.92 Å². The maximum Gasteiger partial charge on any atom is 0.273 e. The summed E-state index contributed by atoms with van der Waals surface area (Å²) >= 11 is 0. The first-order valence-electron chi connectivity index (χ1n) is 7.69. The molecule has 1 N–H and O–H groups in total. The number of carbonyl (C=O) groups excluding carboxylic acids is 1. The van der Waals surface area contributed by atoms with Gasteiger partial charge in [-0.2, -0.15) is 0 Å². The van der Waals surface area contributed by atoms with Gasteiger partial charge in [-0.25, -0.2) is 0 Å². The lowest BCUT2D eigenvalue weighted by atomic mass is 9.94. The number of hydrogen-bond donors (Lipinski definition) is 1. The molecule has 1 fully saturated rings. The van der Waals surface area contributed by atoms with E-state index in [4.69, 9.17) is 0 Å². The standard InChI is InChI=1S/C16H23N3O3/c1-12-3-4-14(11-15(12)19(21)22)16(20)17-8-5-13-6-9-18(2)10-7-13/h3-4,11,13H,5-10H2,1-2H3,(H,17,20). The molecule has 1 heterocycles. The van der Waals surface area contributed by atoms with E-state index in [-0.39, 0.29) is 11.6 Å². The van der Waals surface area contributed by atoms with Gasteiger partial charge in [-0.3, -0.25) is 14.9 Å². The molecule has 120 valence electrons. The number of benzene rings is 1. The van der Waals surface area contributed by atoms with E-state index in [1.165, 1.54) is 18.9 Å². The number of carbonyl (C=O) groups is 1. The van der Waals surface area contributed by atoms with Crippen LogP contribution in [0.4, 0.5) is 5.69 Å². The Morgan fingerprint density at radius 1 is 1.41 bits per heavy atom. The molecule has 0 atom stereocenters. The molecule has 0 spiro atoms. The Hall–Kier alpha value is -1.95. The predicted molar refractivity (Wildman–Crippen MR) is 85.0 cm³/mol. The molecule has 1 amide bonds. The highest BCUT2D eigenvalue weighted by atomic mass is 16.6. The van der Waals surface area contributed by atoms with E-state index in [9.17, 15) is 14.9 Å². The van der Waals surface area contributed by atoms with Gasteiger partial charge in [0.2, 0.25) is 0 Å². The topological polar surface area (TPSA) is 75.5 Å². The van der Waals surface area contributed by atoms with Crippen molar-refractivity contribution < 1.29 is 9.72 Å². The van der Waals surface area contributed by atoms with E-state index in [0.717, 1.165) is 19.5 Å². The highest BCUT2D eigenvalue weighted by Crippen LogP contribution is 2.20. The molecule has 1 aromatic rings. The minimum absolute atomic E-state index is 0.0111. The van der Waals surface area contributed by atoms with Crippen molar-refractivity contribution in [3.63, 3.8) is 0 Å². The van der Waals surface area contributed by atoms with E-state index in [1.807, 2.05) is 0 Å². The smallest absolute Gasteiger partial charge is 0.273 e. The molecule has 22 heavy (non-hydrogen) atoms. The van der Waals surface area contributed by atoms with Gasteiger partial charge in [-0.1, -0.05) is 6.07 Å². The first-order valence-corrected chi connectivity index (χ1v) is 7.69. The average Bonchev–Trinajstić information content (AvgIpc) is 2.49. The van der Waals surface area contributed by atoms with E-state index in [1.54, 1.807) is 19.1 Å². The molecule has 0 unspecified atom stereocenters. The predicted octanol–water partition coefficient (Wildman–Crippen LogP) is 2.36. The first kappa shape index (κ1) is 16.4. The SMILES string of the molecule is Cc1ccc(C(=O)NCCC2CCN(C)CC2)cc1[N+](=O)[O-]. The molecule has 1 aliphatic heterocycles. The lowest BCUT2D eigenvalue weighted by molar-refractivity contribution is -0.385. The summed E-state index contributed by atoms with van der Waals surface area (Å²) in [6.07, 6.45) is 3.30. The number of piperidine rings is 1. The van der Waals surface area contributed by atoms with Crippen molar-refractivity contribution in [3.05, 3.63) is 39.4 Å². The quantitative estimate of drug-likeness (QED) is 0.669. The zero-order valence-corrected chi connectivity index (χ0v) is 13.2. The zero-order valence-electron chi connectivity index (χ0n) is 13.2. The van der Waals surface area contributed by atoms with Crippen molar-refractivity contribution in [1.29, 1.82) is 0 Å². The summed E-state index contributed by atoms with van der Waals surface area (Å²) in [5, 5.41) is 13.8. The van der Waals surface area contributed by atoms with Crippen LogP contribution < -0.4 is 5.32 Å². The van der Waals surface area contributed by atoms with Crippen LogP contribution in [-0.4, -0.2) is 42.4 Å². The fraction of sp³-hybridized carbons (Fsp3) is 0.562. The Balaban J connectivity index is 1.85. The molecule has 0 radical (unpaired) electrons. The molecule has 1 aromatic carbocycles. The molecule has 0 aromatic heterocycles. The van der Waals surface area contributed by atoms with Crippen LogP contribution in [0.15, 0.2) is 18.2 Å². The van der Waals surface area contributed by atoms with Crippen molar-refractivity contribution in [2.45, 2.75) is 26.2 Å². The van der Waals surface area contributed by atoms with E-state index in [0.29, 0.717) is 23.6 Å². The number of nitro groups is 1. The van der Waals surface area contributed by atoms with Crippen LogP contribution in [0, 0.1) is 23.0 Å². The molecule has 6 nitrogen and oxygen atoms in total. The third-order valence-electron chi connectivity index (χ3n) is 4.34. The second-order valence-electron chi connectivity index (χ2n) is 6.05. The van der Waals surface area contributed by atoms with E-state index in [2.05, 4.69) is 17.3 Å². The monoisotopic (exact) mass is 305 g/mol. The van der Waals surface area contributed by atoms with Gasteiger partial charge in [0.05, 0.1) is 4.92 Å². The number of amides is 1. The van der Waals surface area contributed by atoms with E-state index >= 15 is 0 Å². The maximum absolute atomic E-state index is 12.1. The minimum atomic E-state index is -0.454. The summed E-state index contributed by atoms with van der Waals surface area (Å²) in [7, 11) is 2.13. The summed E-state index contributed by atoms with van der Waals surface area (Å²) in [6, 6.07) is 4.59. The summed E-state index contributed by atoms with van der Waals surface area (Å²) in [6.45, 7) is 4.51. The third kappa shape index (κ3) is 4.27. The number of aryl methyl sites for hydroxylation is 1. The fourth-order valence-electron chi connectivity index (χ4n) is 2.79. The number of likely N-dealkylation sites (tertiary alicyclic amines) is 1. The highest BCUT2D eigenvalue weighted by molar-refractivity contribution is 5.94. The summed E-state index contributed by atoms with van der Waals surface area (Å²) in [5.41, 5.74) is 0.900. The number of nitrogens with zero attached hydrogens (tertiary/aromatic N) is 2. The molecule has 1 aliphatic rings. The van der Waals surface area contributed by atoms with Crippen molar-refractivity contribution in [1.82, 2.24) is 10.2 Å². The largest absolute Gasteiger partial charge is 0.352 e. The number of hydrogen-bond acceptors (Lipinski definition) is 4. The maximum atomic E-state index is 12.1. The normalized spacial score (nSPS) is 16.5. The Bertz CT molecular complexity index is 552. The minimum Gasteiger partial charge on any atom is -0.352 e. The van der Waals surface area contributed by atoms with Gasteiger partial charge in [-0.15, -0.1) is 0 Å². The van der Waals surface area contributed by atoms with Crippen LogP contribution in [0.25, 0.3) is 0 Å². The fourth-order valence-corrected chi connectivity index (χ4v) is 2.79. The Kier molecular flexibility index (Phi) is 5.49. The summed E-state index contributed by atoms with van der Waals surface area (Å²) < 4.78 is 0.